The lowest BCUT2D eigenvalue weighted by Gasteiger charge is -2.09. The molecule has 0 amide bonds. The molecule has 0 aliphatic rings. The first-order valence-corrected chi connectivity index (χ1v) is 10.9. The number of aromatic nitrogens is 1. The SMILES string of the molecule is CC(=Nn1c(-c2ccc(Cl)cc2Cl)csc1=NC(C)C)c1ccc(Cl)c([N+](=O)[O-])c1. The molecule has 0 saturated heterocycles. The average molecular weight is 484 g/mol. The Kier molecular flexibility index (Phi) is 6.98. The van der Waals surface area contributed by atoms with Gasteiger partial charge in [0.15, 0.2) is 0 Å². The van der Waals surface area contributed by atoms with Crippen LogP contribution in [-0.4, -0.2) is 21.4 Å². The van der Waals surface area contributed by atoms with Crippen molar-refractivity contribution in [2.45, 2.75) is 26.8 Å². The van der Waals surface area contributed by atoms with Gasteiger partial charge < -0.3 is 0 Å². The van der Waals surface area contributed by atoms with Gasteiger partial charge in [-0.1, -0.05) is 40.9 Å². The molecule has 0 N–H and O–H groups in total. The van der Waals surface area contributed by atoms with E-state index in [0.29, 0.717) is 26.1 Å². The van der Waals surface area contributed by atoms with E-state index in [1.165, 1.54) is 23.5 Å². The Labute approximate surface area is 192 Å². The van der Waals surface area contributed by atoms with Crippen molar-refractivity contribution in [3.05, 3.63) is 77.3 Å². The maximum absolute atomic E-state index is 11.2. The zero-order valence-corrected chi connectivity index (χ0v) is 19.4. The van der Waals surface area contributed by atoms with Crippen LogP contribution >= 0.6 is 46.1 Å². The van der Waals surface area contributed by atoms with Gasteiger partial charge in [-0.15, -0.1) is 11.3 Å². The van der Waals surface area contributed by atoms with Crippen molar-refractivity contribution in [1.82, 2.24) is 4.68 Å². The Bertz CT molecular complexity index is 1220. The van der Waals surface area contributed by atoms with Gasteiger partial charge in [0.25, 0.3) is 5.69 Å². The van der Waals surface area contributed by atoms with E-state index in [2.05, 4.69) is 4.99 Å². The molecule has 156 valence electrons. The molecular weight excluding hydrogens is 467 g/mol. The minimum Gasteiger partial charge on any atom is -0.258 e. The molecule has 2 aromatic carbocycles. The normalized spacial score (nSPS) is 12.6. The molecule has 6 nitrogen and oxygen atoms in total. The first-order chi connectivity index (χ1) is 14.2. The first kappa shape index (κ1) is 22.5. The topological polar surface area (TPSA) is 72.8 Å². The summed E-state index contributed by atoms with van der Waals surface area (Å²) in [5.41, 5.74) is 2.45. The van der Waals surface area contributed by atoms with Gasteiger partial charge >= 0.3 is 0 Å². The van der Waals surface area contributed by atoms with Crippen molar-refractivity contribution in [2.75, 3.05) is 0 Å². The molecule has 0 spiro atoms. The van der Waals surface area contributed by atoms with Crippen LogP contribution in [0.25, 0.3) is 11.3 Å². The zero-order valence-electron chi connectivity index (χ0n) is 16.3. The van der Waals surface area contributed by atoms with E-state index in [0.717, 1.165) is 11.3 Å². The predicted molar refractivity (Wildman–Crippen MR) is 124 cm³/mol. The third-order valence-electron chi connectivity index (χ3n) is 4.07. The lowest BCUT2D eigenvalue weighted by Crippen LogP contribution is -2.16. The van der Waals surface area contributed by atoms with Gasteiger partial charge in [-0.05, 0) is 45.0 Å². The van der Waals surface area contributed by atoms with E-state index in [-0.39, 0.29) is 16.8 Å². The molecule has 0 atom stereocenters. The lowest BCUT2D eigenvalue weighted by molar-refractivity contribution is -0.384. The second kappa shape index (κ2) is 9.31. The summed E-state index contributed by atoms with van der Waals surface area (Å²) in [6.45, 7) is 5.71. The number of nitro benzene ring substituents is 1. The number of nitro groups is 1. The smallest absolute Gasteiger partial charge is 0.258 e. The molecule has 0 fully saturated rings. The second-order valence-electron chi connectivity index (χ2n) is 6.67. The number of hydrogen-bond acceptors (Lipinski definition) is 5. The van der Waals surface area contributed by atoms with Crippen LogP contribution < -0.4 is 4.80 Å². The van der Waals surface area contributed by atoms with Crippen molar-refractivity contribution in [3.8, 4) is 11.3 Å². The van der Waals surface area contributed by atoms with Crippen LogP contribution in [0.2, 0.25) is 15.1 Å². The van der Waals surface area contributed by atoms with Crippen molar-refractivity contribution in [3.63, 3.8) is 0 Å². The number of nitrogens with zero attached hydrogens (tertiary/aromatic N) is 4. The Balaban J connectivity index is 2.20. The van der Waals surface area contributed by atoms with Crippen LogP contribution in [-0.2, 0) is 0 Å². The molecule has 0 aliphatic carbocycles. The molecule has 0 aliphatic heterocycles. The monoisotopic (exact) mass is 482 g/mol. The van der Waals surface area contributed by atoms with Crippen LogP contribution in [0, 0.1) is 10.1 Å². The molecule has 1 heterocycles. The Morgan fingerprint density at radius 1 is 1.13 bits per heavy atom. The Morgan fingerprint density at radius 2 is 1.87 bits per heavy atom. The van der Waals surface area contributed by atoms with Gasteiger partial charge in [-0.2, -0.15) is 5.10 Å². The highest BCUT2D eigenvalue weighted by Crippen LogP contribution is 2.31. The first-order valence-electron chi connectivity index (χ1n) is 8.87. The van der Waals surface area contributed by atoms with Crippen LogP contribution in [0.4, 0.5) is 5.69 Å². The summed E-state index contributed by atoms with van der Waals surface area (Å²) in [5, 5.41) is 18.9. The van der Waals surface area contributed by atoms with Gasteiger partial charge in [-0.3, -0.25) is 15.1 Å². The van der Waals surface area contributed by atoms with E-state index < -0.39 is 4.92 Å². The van der Waals surface area contributed by atoms with Gasteiger partial charge in [0.1, 0.15) is 5.02 Å². The molecule has 0 saturated carbocycles. The summed E-state index contributed by atoms with van der Waals surface area (Å²) in [4.78, 5) is 16.0. The molecule has 3 aromatic rings. The maximum Gasteiger partial charge on any atom is 0.288 e. The molecular formula is C20H17Cl3N4O2S. The van der Waals surface area contributed by atoms with Gasteiger partial charge in [-0.25, -0.2) is 4.68 Å². The van der Waals surface area contributed by atoms with E-state index in [1.54, 1.807) is 29.8 Å². The molecule has 0 bridgehead atoms. The van der Waals surface area contributed by atoms with Gasteiger partial charge in [0.2, 0.25) is 4.80 Å². The molecule has 10 heteroatoms. The second-order valence-corrected chi connectivity index (χ2v) is 8.76. The number of hydrogen-bond donors (Lipinski definition) is 0. The predicted octanol–water partition coefficient (Wildman–Crippen LogP) is 6.67. The minimum atomic E-state index is -0.519. The Morgan fingerprint density at radius 3 is 2.50 bits per heavy atom. The summed E-state index contributed by atoms with van der Waals surface area (Å²) < 4.78 is 1.69. The largest absolute Gasteiger partial charge is 0.288 e. The summed E-state index contributed by atoms with van der Waals surface area (Å²) in [6, 6.07) is 9.87. The van der Waals surface area contributed by atoms with Crippen LogP contribution in [0.15, 0.2) is 51.9 Å². The molecule has 0 unspecified atom stereocenters. The highest BCUT2D eigenvalue weighted by atomic mass is 35.5. The number of thiazole rings is 1. The van der Waals surface area contributed by atoms with E-state index in [4.69, 9.17) is 39.9 Å². The van der Waals surface area contributed by atoms with Crippen LogP contribution in [0.3, 0.4) is 0 Å². The van der Waals surface area contributed by atoms with Gasteiger partial charge in [0, 0.05) is 33.6 Å². The number of benzene rings is 2. The summed E-state index contributed by atoms with van der Waals surface area (Å²) >= 11 is 19.8. The molecule has 30 heavy (non-hydrogen) atoms. The number of rotatable bonds is 5. The standard InChI is InChI=1S/C20H17Cl3N4O2S/c1-11(2)24-20-26(19(10-30-20)15-6-5-14(21)9-17(15)23)25-12(3)13-4-7-16(22)18(8-13)27(28)29/h4-11H,1-3H3. The summed E-state index contributed by atoms with van der Waals surface area (Å²) in [5.74, 6) is 0. The highest BCUT2D eigenvalue weighted by Gasteiger charge is 2.16. The van der Waals surface area contributed by atoms with Crippen molar-refractivity contribution < 1.29 is 4.92 Å². The van der Waals surface area contributed by atoms with Gasteiger partial charge in [0.05, 0.1) is 21.4 Å². The van der Waals surface area contributed by atoms with E-state index in [9.17, 15) is 10.1 Å². The lowest BCUT2D eigenvalue weighted by atomic mass is 10.1. The van der Waals surface area contributed by atoms with Crippen molar-refractivity contribution in [1.29, 1.82) is 0 Å². The van der Waals surface area contributed by atoms with E-state index >= 15 is 0 Å². The van der Waals surface area contributed by atoms with Crippen molar-refractivity contribution in [2.24, 2.45) is 10.1 Å². The molecule has 1 aromatic heterocycles. The highest BCUT2D eigenvalue weighted by molar-refractivity contribution is 7.07. The summed E-state index contributed by atoms with van der Waals surface area (Å²) in [7, 11) is 0. The fourth-order valence-corrected chi connectivity index (χ4v) is 4.32. The zero-order chi connectivity index (χ0) is 22.0. The van der Waals surface area contributed by atoms with Crippen molar-refractivity contribution >= 4 is 57.5 Å². The quantitative estimate of drug-likeness (QED) is 0.231. The average Bonchev–Trinajstić information content (AvgIpc) is 3.03. The third kappa shape index (κ3) is 4.92. The third-order valence-corrected chi connectivity index (χ3v) is 5.77. The fraction of sp³-hybridized carbons (Fsp3) is 0.200. The van der Waals surface area contributed by atoms with E-state index in [1.807, 2.05) is 25.3 Å². The summed E-state index contributed by atoms with van der Waals surface area (Å²) in [6.07, 6.45) is 0. The Hall–Kier alpha value is -2.19. The molecule has 0 radical (unpaired) electrons. The van der Waals surface area contributed by atoms with Crippen LogP contribution in [0.1, 0.15) is 26.3 Å². The minimum absolute atomic E-state index is 0.0514. The maximum atomic E-state index is 11.2. The fourth-order valence-electron chi connectivity index (χ4n) is 2.67. The molecule has 3 rings (SSSR count). The van der Waals surface area contributed by atoms with Crippen LogP contribution in [0.5, 0.6) is 0 Å². The number of halogens is 3.